The molecule has 2 rings (SSSR count). The minimum Gasteiger partial charge on any atom is -0.508 e. The van der Waals surface area contributed by atoms with Crippen LogP contribution in [0.5, 0.6) is 5.75 Å². The fourth-order valence-corrected chi connectivity index (χ4v) is 4.35. The van der Waals surface area contributed by atoms with Crippen LogP contribution in [0, 0.1) is 0 Å². The van der Waals surface area contributed by atoms with Gasteiger partial charge in [0.25, 0.3) is 0 Å². The smallest absolute Gasteiger partial charge is 0.326 e. The first kappa shape index (κ1) is 34.2. The minimum atomic E-state index is -1.19. The molecule has 0 bridgehead atoms. The number of nitrogens with two attached hydrogens (primary N) is 3. The number of hydrogen-bond acceptors (Lipinski definition) is 8. The predicted molar refractivity (Wildman–Crippen MR) is 159 cm³/mol. The van der Waals surface area contributed by atoms with Gasteiger partial charge in [0.05, 0.1) is 6.04 Å². The molecule has 42 heavy (non-hydrogen) atoms. The van der Waals surface area contributed by atoms with E-state index in [-0.39, 0.29) is 25.0 Å². The number of rotatable bonds is 19. The van der Waals surface area contributed by atoms with Crippen LogP contribution in [0.1, 0.15) is 49.7 Å². The highest BCUT2D eigenvalue weighted by Crippen LogP contribution is 2.13. The second-order valence-corrected chi connectivity index (χ2v) is 10.3. The number of carboxylic acids is 1. The predicted octanol–water partition coefficient (Wildman–Crippen LogP) is 0.302. The van der Waals surface area contributed by atoms with Gasteiger partial charge < -0.3 is 43.4 Å². The molecule has 0 fully saturated rings. The summed E-state index contributed by atoms with van der Waals surface area (Å²) in [6.45, 7) is 0.874. The average Bonchev–Trinajstić information content (AvgIpc) is 2.97. The quantitative estimate of drug-likeness (QED) is 0.106. The van der Waals surface area contributed by atoms with Crippen LogP contribution >= 0.6 is 0 Å². The number of benzene rings is 2. The van der Waals surface area contributed by atoms with E-state index in [1.807, 2.05) is 6.07 Å². The van der Waals surface area contributed by atoms with E-state index >= 15 is 0 Å². The molecule has 0 spiro atoms. The number of aliphatic carboxylic acids is 1. The van der Waals surface area contributed by atoms with Gasteiger partial charge in [-0.1, -0.05) is 48.9 Å². The van der Waals surface area contributed by atoms with Gasteiger partial charge >= 0.3 is 5.97 Å². The third-order valence-corrected chi connectivity index (χ3v) is 6.79. The van der Waals surface area contributed by atoms with Crippen LogP contribution < -0.4 is 33.2 Å². The summed E-state index contributed by atoms with van der Waals surface area (Å²) in [4.78, 5) is 51.7. The van der Waals surface area contributed by atoms with E-state index in [1.165, 1.54) is 12.1 Å². The van der Waals surface area contributed by atoms with Crippen LogP contribution in [0.25, 0.3) is 0 Å². The van der Waals surface area contributed by atoms with Crippen molar-refractivity contribution in [2.75, 3.05) is 13.1 Å². The highest BCUT2D eigenvalue weighted by molar-refractivity contribution is 5.94. The highest BCUT2D eigenvalue weighted by atomic mass is 16.4. The molecule has 3 amide bonds. The average molecular weight is 585 g/mol. The lowest BCUT2D eigenvalue weighted by molar-refractivity contribution is -0.142. The summed E-state index contributed by atoms with van der Waals surface area (Å²) in [6.07, 6.45) is 3.19. The molecule has 12 heteroatoms. The molecular weight excluding hydrogens is 540 g/mol. The van der Waals surface area contributed by atoms with Crippen LogP contribution in [0.3, 0.4) is 0 Å². The molecule has 0 heterocycles. The Morgan fingerprint density at radius 1 is 0.643 bits per heavy atom. The van der Waals surface area contributed by atoms with E-state index < -0.39 is 47.9 Å². The Morgan fingerprint density at radius 3 is 1.64 bits per heavy atom. The fourth-order valence-electron chi connectivity index (χ4n) is 4.35. The summed E-state index contributed by atoms with van der Waals surface area (Å²) < 4.78 is 0. The number of amides is 3. The number of carbonyl (C=O) groups is 4. The van der Waals surface area contributed by atoms with Gasteiger partial charge in [-0.05, 0) is 68.5 Å². The minimum absolute atomic E-state index is 0.0461. The molecule has 11 N–H and O–H groups in total. The van der Waals surface area contributed by atoms with Crippen molar-refractivity contribution in [3.63, 3.8) is 0 Å². The number of carbonyl (C=O) groups excluding carboxylic acids is 3. The number of carboxylic acid groups (broad SMARTS) is 1. The largest absolute Gasteiger partial charge is 0.508 e. The molecule has 0 aliphatic heterocycles. The first-order valence-corrected chi connectivity index (χ1v) is 14.3. The van der Waals surface area contributed by atoms with E-state index in [0.29, 0.717) is 50.8 Å². The van der Waals surface area contributed by atoms with Crippen molar-refractivity contribution in [2.45, 2.75) is 75.5 Å². The third-order valence-electron chi connectivity index (χ3n) is 6.79. The molecule has 0 saturated heterocycles. The van der Waals surface area contributed by atoms with Crippen LogP contribution in [-0.2, 0) is 32.0 Å². The Balaban J connectivity index is 2.27. The molecule has 0 aromatic heterocycles. The normalized spacial score (nSPS) is 13.8. The molecule has 0 unspecified atom stereocenters. The lowest BCUT2D eigenvalue weighted by Gasteiger charge is -2.25. The van der Waals surface area contributed by atoms with Gasteiger partial charge in [0.1, 0.15) is 23.9 Å². The maximum absolute atomic E-state index is 13.6. The van der Waals surface area contributed by atoms with Gasteiger partial charge in [-0.2, -0.15) is 0 Å². The van der Waals surface area contributed by atoms with Crippen LogP contribution in [0.4, 0.5) is 0 Å². The van der Waals surface area contributed by atoms with Crippen molar-refractivity contribution in [1.82, 2.24) is 16.0 Å². The Hall–Kier alpha value is -4.00. The Bertz CT molecular complexity index is 1130. The number of hydrogen-bond donors (Lipinski definition) is 8. The molecule has 2 aromatic rings. The van der Waals surface area contributed by atoms with Gasteiger partial charge in [-0.25, -0.2) is 4.79 Å². The zero-order valence-electron chi connectivity index (χ0n) is 23.8. The number of phenols is 1. The molecule has 0 aliphatic rings. The second-order valence-electron chi connectivity index (χ2n) is 10.3. The van der Waals surface area contributed by atoms with Gasteiger partial charge in [0.15, 0.2) is 0 Å². The van der Waals surface area contributed by atoms with Crippen LogP contribution in [-0.4, -0.2) is 71.2 Å². The van der Waals surface area contributed by atoms with Crippen molar-refractivity contribution in [3.05, 3.63) is 65.7 Å². The molecule has 0 saturated carbocycles. The van der Waals surface area contributed by atoms with Crippen LogP contribution in [0.2, 0.25) is 0 Å². The number of unbranched alkanes of at least 4 members (excludes halogenated alkanes) is 2. The summed E-state index contributed by atoms with van der Waals surface area (Å²) in [5.41, 5.74) is 18.5. The van der Waals surface area contributed by atoms with Crippen molar-refractivity contribution >= 4 is 23.7 Å². The lowest BCUT2D eigenvalue weighted by Crippen LogP contribution is -2.58. The molecule has 0 radical (unpaired) electrons. The topological polar surface area (TPSA) is 223 Å². The van der Waals surface area contributed by atoms with Crippen molar-refractivity contribution < 1.29 is 29.4 Å². The highest BCUT2D eigenvalue weighted by Gasteiger charge is 2.30. The Morgan fingerprint density at radius 2 is 1.12 bits per heavy atom. The number of aromatic hydroxyl groups is 1. The summed E-state index contributed by atoms with van der Waals surface area (Å²) in [5.74, 6) is -2.98. The monoisotopic (exact) mass is 584 g/mol. The zero-order valence-corrected chi connectivity index (χ0v) is 23.8. The summed E-state index contributed by atoms with van der Waals surface area (Å²) in [5, 5.41) is 27.3. The third kappa shape index (κ3) is 12.2. The van der Waals surface area contributed by atoms with E-state index in [4.69, 9.17) is 17.2 Å². The van der Waals surface area contributed by atoms with Crippen molar-refractivity contribution in [1.29, 1.82) is 0 Å². The van der Waals surface area contributed by atoms with Gasteiger partial charge in [-0.3, -0.25) is 14.4 Å². The standard InChI is InChI=1S/C30H44N6O6/c31-16-6-4-10-23(33)27(38)35-25(19-21-12-14-22(37)15-13-21)29(40)36-26(18-20-8-2-1-3-9-20)28(39)34-24(30(41)42)11-5-7-17-32/h1-3,8-9,12-15,23-26,37H,4-7,10-11,16-19,31-33H2,(H,34,39)(H,35,38)(H,36,40)(H,41,42)/t23-,24-,25-,26-/m0/s1. The second kappa shape index (κ2) is 18.4. The summed E-state index contributed by atoms with van der Waals surface area (Å²) >= 11 is 0. The first-order chi connectivity index (χ1) is 20.1. The molecule has 12 nitrogen and oxygen atoms in total. The fraction of sp³-hybridized carbons (Fsp3) is 0.467. The first-order valence-electron chi connectivity index (χ1n) is 14.3. The Kier molecular flexibility index (Phi) is 15.0. The molecule has 0 aliphatic carbocycles. The van der Waals surface area contributed by atoms with Crippen molar-refractivity contribution in [2.24, 2.45) is 17.2 Å². The summed E-state index contributed by atoms with van der Waals surface area (Å²) in [7, 11) is 0. The van der Waals surface area contributed by atoms with Gasteiger partial charge in [0, 0.05) is 12.8 Å². The molecular formula is C30H44N6O6. The number of phenolic OH excluding ortho intramolecular Hbond substituents is 1. The maximum atomic E-state index is 13.6. The maximum Gasteiger partial charge on any atom is 0.326 e. The van der Waals surface area contributed by atoms with E-state index in [1.54, 1.807) is 36.4 Å². The molecule has 230 valence electrons. The molecule has 2 aromatic carbocycles. The van der Waals surface area contributed by atoms with E-state index in [9.17, 15) is 29.4 Å². The van der Waals surface area contributed by atoms with Crippen molar-refractivity contribution in [3.8, 4) is 5.75 Å². The SMILES string of the molecule is NCCCC[C@H](NC(=O)[C@H](Cc1ccccc1)NC(=O)[C@H](Cc1ccc(O)cc1)NC(=O)[C@@H](N)CCCCN)C(=O)O. The van der Waals surface area contributed by atoms with Crippen LogP contribution in [0.15, 0.2) is 54.6 Å². The number of nitrogens with one attached hydrogen (secondary N) is 3. The van der Waals surface area contributed by atoms with Gasteiger partial charge in [-0.15, -0.1) is 0 Å². The van der Waals surface area contributed by atoms with Gasteiger partial charge in [0.2, 0.25) is 17.7 Å². The zero-order chi connectivity index (χ0) is 30.9. The van der Waals surface area contributed by atoms with E-state index in [0.717, 1.165) is 5.56 Å². The summed E-state index contributed by atoms with van der Waals surface area (Å²) in [6, 6.07) is 10.9. The lowest BCUT2D eigenvalue weighted by atomic mass is 10.0. The Labute approximate surface area is 246 Å². The van der Waals surface area contributed by atoms with E-state index in [2.05, 4.69) is 16.0 Å². The molecule has 4 atom stereocenters.